The molecular formula is C11H10N2O3. The molecule has 2 aromatic rings. The molecule has 0 saturated heterocycles. The molecule has 0 fully saturated rings. The van der Waals surface area contributed by atoms with Crippen molar-refractivity contribution in [2.75, 3.05) is 0 Å². The van der Waals surface area contributed by atoms with Gasteiger partial charge in [-0.15, -0.1) is 0 Å². The second-order valence-electron chi connectivity index (χ2n) is 3.14. The Labute approximate surface area is 92.0 Å². The van der Waals surface area contributed by atoms with Gasteiger partial charge in [-0.25, -0.2) is 9.97 Å². The van der Waals surface area contributed by atoms with Crippen LogP contribution < -0.4 is 4.74 Å². The van der Waals surface area contributed by atoms with Gasteiger partial charge < -0.3 is 14.9 Å². The molecule has 5 heteroatoms. The molecule has 2 N–H and O–H groups in total. The van der Waals surface area contributed by atoms with E-state index in [0.29, 0.717) is 11.6 Å². The molecule has 0 amide bonds. The third-order valence-electron chi connectivity index (χ3n) is 1.86. The molecule has 0 aliphatic rings. The highest BCUT2D eigenvalue weighted by Gasteiger charge is 2.01. The number of rotatable bonds is 3. The van der Waals surface area contributed by atoms with Gasteiger partial charge in [0.1, 0.15) is 23.9 Å². The van der Waals surface area contributed by atoms with Crippen LogP contribution in [0.5, 0.6) is 17.2 Å². The molecule has 0 radical (unpaired) electrons. The number of phenols is 2. The molecule has 1 heterocycles. The molecule has 0 unspecified atom stereocenters. The maximum atomic E-state index is 9.22. The summed E-state index contributed by atoms with van der Waals surface area (Å²) in [5.74, 6) is 0.795. The van der Waals surface area contributed by atoms with E-state index in [4.69, 9.17) is 4.74 Å². The zero-order valence-corrected chi connectivity index (χ0v) is 8.37. The van der Waals surface area contributed by atoms with Gasteiger partial charge in [-0.2, -0.15) is 0 Å². The van der Waals surface area contributed by atoms with Gasteiger partial charge in [0.2, 0.25) is 0 Å². The molecule has 5 nitrogen and oxygen atoms in total. The largest absolute Gasteiger partial charge is 0.508 e. The van der Waals surface area contributed by atoms with Crippen molar-refractivity contribution in [3.05, 3.63) is 42.5 Å². The predicted molar refractivity (Wildman–Crippen MR) is 56.1 cm³/mol. The lowest BCUT2D eigenvalue weighted by Crippen LogP contribution is -2.00. The summed E-state index contributed by atoms with van der Waals surface area (Å²) in [6.07, 6.45) is 3.23. The fourth-order valence-electron chi connectivity index (χ4n) is 1.20. The van der Waals surface area contributed by atoms with Crippen molar-refractivity contribution in [3.63, 3.8) is 0 Å². The Morgan fingerprint density at radius 2 is 1.62 bits per heavy atom. The lowest BCUT2D eigenvalue weighted by atomic mass is 10.3. The Morgan fingerprint density at radius 1 is 1.00 bits per heavy atom. The zero-order valence-electron chi connectivity index (χ0n) is 8.37. The topological polar surface area (TPSA) is 75.5 Å². The van der Waals surface area contributed by atoms with Crippen LogP contribution in [0.25, 0.3) is 0 Å². The molecule has 16 heavy (non-hydrogen) atoms. The molecule has 2 rings (SSSR count). The van der Waals surface area contributed by atoms with Crippen LogP contribution >= 0.6 is 0 Å². The maximum absolute atomic E-state index is 9.22. The van der Waals surface area contributed by atoms with E-state index in [1.54, 1.807) is 18.5 Å². The van der Waals surface area contributed by atoms with Crippen LogP contribution in [0.4, 0.5) is 0 Å². The van der Waals surface area contributed by atoms with Gasteiger partial charge in [0, 0.05) is 30.6 Å². The number of benzene rings is 1. The summed E-state index contributed by atoms with van der Waals surface area (Å²) in [7, 11) is 0. The first-order valence-electron chi connectivity index (χ1n) is 4.66. The molecule has 82 valence electrons. The number of aromatic hydroxyl groups is 2. The number of hydrogen-bond donors (Lipinski definition) is 2. The molecule has 0 aliphatic heterocycles. The Morgan fingerprint density at radius 3 is 2.25 bits per heavy atom. The van der Waals surface area contributed by atoms with Gasteiger partial charge in [0.25, 0.3) is 0 Å². The first-order valence-corrected chi connectivity index (χ1v) is 4.66. The van der Waals surface area contributed by atoms with Crippen LogP contribution in [0.1, 0.15) is 5.82 Å². The number of nitrogens with zero attached hydrogens (tertiary/aromatic N) is 2. The lowest BCUT2D eigenvalue weighted by Gasteiger charge is -2.05. The first-order chi connectivity index (χ1) is 7.74. The SMILES string of the molecule is Oc1cc(O)cc(OCc2ncccn2)c1. The number of ether oxygens (including phenoxy) is 1. The van der Waals surface area contributed by atoms with Crippen LogP contribution in [0.15, 0.2) is 36.7 Å². The maximum Gasteiger partial charge on any atom is 0.166 e. The van der Waals surface area contributed by atoms with Crippen molar-refractivity contribution in [2.45, 2.75) is 6.61 Å². The fraction of sp³-hybridized carbons (Fsp3) is 0.0909. The van der Waals surface area contributed by atoms with Gasteiger partial charge in [-0.3, -0.25) is 0 Å². The number of aromatic nitrogens is 2. The van der Waals surface area contributed by atoms with Crippen LogP contribution in [0.3, 0.4) is 0 Å². The Kier molecular flexibility index (Phi) is 2.86. The quantitative estimate of drug-likeness (QED) is 0.815. The monoisotopic (exact) mass is 218 g/mol. The second-order valence-corrected chi connectivity index (χ2v) is 3.14. The average molecular weight is 218 g/mol. The molecular weight excluding hydrogens is 208 g/mol. The zero-order chi connectivity index (χ0) is 11.4. The summed E-state index contributed by atoms with van der Waals surface area (Å²) in [6.45, 7) is 0.184. The minimum Gasteiger partial charge on any atom is -0.508 e. The minimum atomic E-state index is -0.0519. The Hall–Kier alpha value is -2.30. The van der Waals surface area contributed by atoms with Crippen molar-refractivity contribution < 1.29 is 14.9 Å². The summed E-state index contributed by atoms with van der Waals surface area (Å²) in [4.78, 5) is 7.96. The number of phenolic OH excluding ortho intramolecular Hbond substituents is 2. The van der Waals surface area contributed by atoms with Crippen LogP contribution in [0, 0.1) is 0 Å². The van der Waals surface area contributed by atoms with E-state index < -0.39 is 0 Å². The van der Waals surface area contributed by atoms with E-state index in [1.807, 2.05) is 0 Å². The predicted octanol–water partition coefficient (Wildman–Crippen LogP) is 1.47. The van der Waals surface area contributed by atoms with Gasteiger partial charge in [0.05, 0.1) is 0 Å². The summed E-state index contributed by atoms with van der Waals surface area (Å²) >= 11 is 0. The van der Waals surface area contributed by atoms with E-state index in [2.05, 4.69) is 9.97 Å². The summed E-state index contributed by atoms with van der Waals surface area (Å²) in [5, 5.41) is 18.4. The Balaban J connectivity index is 2.05. The van der Waals surface area contributed by atoms with Crippen molar-refractivity contribution in [1.29, 1.82) is 0 Å². The fourth-order valence-corrected chi connectivity index (χ4v) is 1.20. The molecule has 1 aromatic heterocycles. The summed E-state index contributed by atoms with van der Waals surface area (Å²) < 4.78 is 5.31. The number of hydrogen-bond acceptors (Lipinski definition) is 5. The molecule has 0 bridgehead atoms. The third kappa shape index (κ3) is 2.60. The van der Waals surface area contributed by atoms with E-state index in [1.165, 1.54) is 18.2 Å². The van der Waals surface area contributed by atoms with E-state index in [9.17, 15) is 10.2 Å². The Bertz CT molecular complexity index is 454. The highest BCUT2D eigenvalue weighted by atomic mass is 16.5. The van der Waals surface area contributed by atoms with Crippen LogP contribution in [0.2, 0.25) is 0 Å². The second kappa shape index (κ2) is 4.48. The van der Waals surface area contributed by atoms with Gasteiger partial charge >= 0.3 is 0 Å². The summed E-state index contributed by atoms with van der Waals surface area (Å²) in [5.41, 5.74) is 0. The van der Waals surface area contributed by atoms with Crippen LogP contribution in [-0.2, 0) is 6.61 Å². The molecule has 0 saturated carbocycles. The van der Waals surface area contributed by atoms with E-state index >= 15 is 0 Å². The third-order valence-corrected chi connectivity index (χ3v) is 1.86. The normalized spacial score (nSPS) is 10.0. The van der Waals surface area contributed by atoms with E-state index in [0.717, 1.165) is 0 Å². The molecule has 0 atom stereocenters. The van der Waals surface area contributed by atoms with Crippen molar-refractivity contribution in [3.8, 4) is 17.2 Å². The highest BCUT2D eigenvalue weighted by Crippen LogP contribution is 2.25. The average Bonchev–Trinajstić information content (AvgIpc) is 2.27. The van der Waals surface area contributed by atoms with E-state index in [-0.39, 0.29) is 18.1 Å². The minimum absolute atomic E-state index is 0.0519. The van der Waals surface area contributed by atoms with Gasteiger partial charge in [-0.05, 0) is 6.07 Å². The highest BCUT2D eigenvalue weighted by molar-refractivity contribution is 5.40. The molecule has 0 spiro atoms. The van der Waals surface area contributed by atoms with Gasteiger partial charge in [-0.1, -0.05) is 0 Å². The standard InChI is InChI=1S/C11H10N2O3/c14-8-4-9(15)6-10(5-8)16-7-11-12-2-1-3-13-11/h1-6,14-15H,7H2. The molecule has 1 aromatic carbocycles. The van der Waals surface area contributed by atoms with Crippen molar-refractivity contribution in [2.24, 2.45) is 0 Å². The van der Waals surface area contributed by atoms with Crippen molar-refractivity contribution in [1.82, 2.24) is 9.97 Å². The smallest absolute Gasteiger partial charge is 0.166 e. The lowest BCUT2D eigenvalue weighted by molar-refractivity contribution is 0.292. The van der Waals surface area contributed by atoms with Gasteiger partial charge in [0.15, 0.2) is 5.82 Å². The summed E-state index contributed by atoms with van der Waals surface area (Å²) in [6, 6.07) is 5.75. The molecule has 0 aliphatic carbocycles. The van der Waals surface area contributed by atoms with Crippen LogP contribution in [-0.4, -0.2) is 20.2 Å². The first kappa shape index (κ1) is 10.2. The van der Waals surface area contributed by atoms with Crippen molar-refractivity contribution >= 4 is 0 Å².